The van der Waals surface area contributed by atoms with Gasteiger partial charge in [-0.3, -0.25) is 19.5 Å². The highest BCUT2D eigenvalue weighted by Gasteiger charge is 2.33. The Morgan fingerprint density at radius 3 is 2.54 bits per heavy atom. The van der Waals surface area contributed by atoms with Crippen molar-refractivity contribution < 1.29 is 19.2 Å². The van der Waals surface area contributed by atoms with E-state index in [0.29, 0.717) is 44.1 Å². The van der Waals surface area contributed by atoms with E-state index in [1.807, 2.05) is 19.1 Å². The van der Waals surface area contributed by atoms with Crippen molar-refractivity contribution >= 4 is 29.1 Å². The van der Waals surface area contributed by atoms with Gasteiger partial charge in [0.25, 0.3) is 11.2 Å². The predicted molar refractivity (Wildman–Crippen MR) is 140 cm³/mol. The average Bonchev–Trinajstić information content (AvgIpc) is 3.13. The number of benzene rings is 2. The molecule has 37 heavy (non-hydrogen) atoms. The third-order valence-corrected chi connectivity index (χ3v) is 6.80. The first-order valence-corrected chi connectivity index (χ1v) is 12.6. The number of esters is 1. The first kappa shape index (κ1) is 26.0. The third kappa shape index (κ3) is 5.24. The molecule has 0 unspecified atom stereocenters. The number of thiazole rings is 1. The number of aryl methyl sites for hydroxylation is 1. The number of carbonyl (C=O) groups excluding carboxylic acids is 1. The summed E-state index contributed by atoms with van der Waals surface area (Å²) in [5.74, 6) is 0.130. The summed E-state index contributed by atoms with van der Waals surface area (Å²) in [6.07, 6.45) is 1.26. The Morgan fingerprint density at radius 1 is 1.22 bits per heavy atom. The normalized spacial score (nSPS) is 15.4. The van der Waals surface area contributed by atoms with Crippen LogP contribution in [0.4, 0.5) is 5.69 Å². The van der Waals surface area contributed by atoms with Gasteiger partial charge in [0, 0.05) is 11.6 Å². The van der Waals surface area contributed by atoms with Crippen LogP contribution in [-0.4, -0.2) is 28.2 Å². The Hall–Kier alpha value is -4.05. The molecule has 0 aliphatic carbocycles. The molecule has 0 N–H and O–H groups in total. The molecular weight excluding hydrogens is 494 g/mol. The monoisotopic (exact) mass is 521 g/mol. The fourth-order valence-electron chi connectivity index (χ4n) is 4.15. The fourth-order valence-corrected chi connectivity index (χ4v) is 5.20. The molecule has 10 heteroatoms. The minimum atomic E-state index is -0.757. The van der Waals surface area contributed by atoms with Crippen LogP contribution in [-0.2, 0) is 9.53 Å². The molecule has 0 radical (unpaired) electrons. The van der Waals surface area contributed by atoms with Gasteiger partial charge < -0.3 is 9.47 Å². The molecular formula is C27H27N3O6S. The molecule has 4 rings (SSSR count). The summed E-state index contributed by atoms with van der Waals surface area (Å²) in [5, 5.41) is 11.4. The van der Waals surface area contributed by atoms with E-state index in [-0.39, 0.29) is 22.9 Å². The summed E-state index contributed by atoms with van der Waals surface area (Å²) < 4.78 is 12.9. The van der Waals surface area contributed by atoms with Gasteiger partial charge in [-0.15, -0.1) is 0 Å². The molecule has 2 aromatic carbocycles. The zero-order valence-electron chi connectivity index (χ0n) is 21.2. The van der Waals surface area contributed by atoms with E-state index < -0.39 is 16.9 Å². The standard InChI is InChI=1S/C27H27N3O6S/c1-6-35-20-11-9-19(10-12-20)24-23(26(32)36-15(2)3)17(5)28-27-29(24)25(31)22(37-27)14-18-8-7-16(4)21(13-18)30(33)34/h7-15,24H,6H2,1-5H3/b22-14-/t24-/m1/s1. The SMILES string of the molecule is CCOc1ccc([C@@H]2C(C(=O)OC(C)C)=C(C)N=c3s/c(=C\c4ccc(C)c([N+](=O)[O-])c4)c(=O)n32)cc1. The van der Waals surface area contributed by atoms with Crippen LogP contribution in [0.3, 0.4) is 0 Å². The molecule has 0 spiro atoms. The number of carbonyl (C=O) groups is 1. The maximum atomic E-state index is 13.7. The smallest absolute Gasteiger partial charge is 0.338 e. The number of fused-ring (bicyclic) bond motifs is 1. The Bertz CT molecular complexity index is 1580. The third-order valence-electron chi connectivity index (χ3n) is 5.82. The molecule has 0 amide bonds. The summed E-state index contributed by atoms with van der Waals surface area (Å²) in [4.78, 5) is 42.8. The number of rotatable bonds is 7. The molecule has 0 fully saturated rings. The zero-order chi connectivity index (χ0) is 26.9. The highest BCUT2D eigenvalue weighted by atomic mass is 32.1. The number of hydrogen-bond acceptors (Lipinski definition) is 8. The molecule has 0 saturated carbocycles. The van der Waals surface area contributed by atoms with Gasteiger partial charge in [0.05, 0.1) is 39.5 Å². The number of ether oxygens (including phenoxy) is 2. The van der Waals surface area contributed by atoms with E-state index in [4.69, 9.17) is 9.47 Å². The Morgan fingerprint density at radius 2 is 1.92 bits per heavy atom. The number of allylic oxidation sites excluding steroid dienone is 1. The second-order valence-electron chi connectivity index (χ2n) is 8.84. The van der Waals surface area contributed by atoms with Crippen molar-refractivity contribution in [2.45, 2.75) is 46.8 Å². The van der Waals surface area contributed by atoms with Crippen LogP contribution in [0.5, 0.6) is 5.75 Å². The zero-order valence-corrected chi connectivity index (χ0v) is 22.0. The fraction of sp³-hybridized carbons (Fsp3) is 0.296. The minimum absolute atomic E-state index is 0.0247. The van der Waals surface area contributed by atoms with Crippen LogP contribution in [0, 0.1) is 17.0 Å². The highest BCUT2D eigenvalue weighted by Crippen LogP contribution is 2.32. The molecule has 1 aromatic heterocycles. The van der Waals surface area contributed by atoms with E-state index in [2.05, 4.69) is 4.99 Å². The van der Waals surface area contributed by atoms with Crippen LogP contribution >= 0.6 is 11.3 Å². The van der Waals surface area contributed by atoms with Crippen molar-refractivity contribution in [3.63, 3.8) is 0 Å². The van der Waals surface area contributed by atoms with E-state index in [9.17, 15) is 19.7 Å². The van der Waals surface area contributed by atoms with Crippen molar-refractivity contribution in [1.29, 1.82) is 0 Å². The second kappa shape index (κ2) is 10.5. The van der Waals surface area contributed by atoms with E-state index >= 15 is 0 Å². The van der Waals surface area contributed by atoms with Gasteiger partial charge >= 0.3 is 5.97 Å². The largest absolute Gasteiger partial charge is 0.494 e. The number of nitro benzene ring substituents is 1. The lowest BCUT2D eigenvalue weighted by Crippen LogP contribution is -2.40. The summed E-state index contributed by atoms with van der Waals surface area (Å²) >= 11 is 1.16. The quantitative estimate of drug-likeness (QED) is 0.266. The van der Waals surface area contributed by atoms with Gasteiger partial charge in [0.1, 0.15) is 5.75 Å². The molecule has 0 saturated heterocycles. The topological polar surface area (TPSA) is 113 Å². The molecule has 9 nitrogen and oxygen atoms in total. The average molecular weight is 522 g/mol. The van der Waals surface area contributed by atoms with Crippen molar-refractivity contribution in [2.75, 3.05) is 6.61 Å². The Labute approximate surface area is 217 Å². The predicted octanol–water partition coefficient (Wildman–Crippen LogP) is 3.80. The lowest BCUT2D eigenvalue weighted by Gasteiger charge is -2.25. The summed E-state index contributed by atoms with van der Waals surface area (Å²) in [7, 11) is 0. The van der Waals surface area contributed by atoms with E-state index in [1.54, 1.807) is 58.0 Å². The van der Waals surface area contributed by atoms with Gasteiger partial charge in [-0.2, -0.15) is 0 Å². The molecule has 192 valence electrons. The molecule has 0 bridgehead atoms. The summed E-state index contributed by atoms with van der Waals surface area (Å²) in [6, 6.07) is 11.3. The highest BCUT2D eigenvalue weighted by molar-refractivity contribution is 7.07. The molecule has 1 aliphatic heterocycles. The van der Waals surface area contributed by atoms with Crippen LogP contribution in [0.15, 0.2) is 63.5 Å². The van der Waals surface area contributed by atoms with Gasteiger partial charge in [-0.25, -0.2) is 9.79 Å². The molecule has 1 aliphatic rings. The Kier molecular flexibility index (Phi) is 7.40. The summed E-state index contributed by atoms with van der Waals surface area (Å²) in [6.45, 7) is 9.30. The first-order chi connectivity index (χ1) is 17.6. The van der Waals surface area contributed by atoms with Gasteiger partial charge in [-0.1, -0.05) is 35.6 Å². The van der Waals surface area contributed by atoms with Crippen LogP contribution in [0.2, 0.25) is 0 Å². The van der Waals surface area contributed by atoms with Gasteiger partial charge in [0.15, 0.2) is 4.80 Å². The van der Waals surface area contributed by atoms with Crippen LogP contribution in [0.25, 0.3) is 6.08 Å². The number of hydrogen-bond donors (Lipinski definition) is 0. The van der Waals surface area contributed by atoms with Gasteiger partial charge in [-0.05, 0) is 64.0 Å². The van der Waals surface area contributed by atoms with Crippen molar-refractivity contribution in [2.24, 2.45) is 4.99 Å². The van der Waals surface area contributed by atoms with Crippen LogP contribution < -0.4 is 19.6 Å². The maximum absolute atomic E-state index is 13.7. The first-order valence-electron chi connectivity index (χ1n) is 11.8. The van der Waals surface area contributed by atoms with Crippen molar-refractivity contribution in [1.82, 2.24) is 4.57 Å². The molecule has 3 aromatic rings. The maximum Gasteiger partial charge on any atom is 0.338 e. The van der Waals surface area contributed by atoms with E-state index in [1.165, 1.54) is 10.6 Å². The second-order valence-corrected chi connectivity index (χ2v) is 9.85. The van der Waals surface area contributed by atoms with Gasteiger partial charge in [0.2, 0.25) is 0 Å². The number of nitrogens with zero attached hydrogens (tertiary/aromatic N) is 3. The molecule has 2 heterocycles. The van der Waals surface area contributed by atoms with Crippen molar-refractivity contribution in [3.05, 3.63) is 100 Å². The van der Waals surface area contributed by atoms with Crippen molar-refractivity contribution in [3.8, 4) is 5.75 Å². The van der Waals surface area contributed by atoms with E-state index in [0.717, 1.165) is 11.3 Å². The summed E-state index contributed by atoms with van der Waals surface area (Å²) in [5.41, 5.74) is 2.12. The minimum Gasteiger partial charge on any atom is -0.494 e. The molecule has 1 atom stereocenters. The lowest BCUT2D eigenvalue weighted by molar-refractivity contribution is -0.385. The number of nitro groups is 1. The lowest BCUT2D eigenvalue weighted by atomic mass is 9.96. The Balaban J connectivity index is 1.91. The van der Waals surface area contributed by atoms with Crippen LogP contribution in [0.1, 0.15) is 50.4 Å². The number of aromatic nitrogens is 1.